The van der Waals surface area contributed by atoms with Crippen LogP contribution in [-0.4, -0.2) is 38.5 Å². The van der Waals surface area contributed by atoms with Gasteiger partial charge in [-0.3, -0.25) is 4.79 Å². The molecule has 0 unspecified atom stereocenters. The van der Waals surface area contributed by atoms with E-state index in [1.807, 2.05) is 0 Å². The summed E-state index contributed by atoms with van der Waals surface area (Å²) in [4.78, 5) is 12.0. The Morgan fingerprint density at radius 3 is 2.30 bits per heavy atom. The third-order valence-corrected chi connectivity index (χ3v) is 3.43. The zero-order valence-corrected chi connectivity index (χ0v) is 11.3. The smallest absolute Gasteiger partial charge is 0.330 e. The van der Waals surface area contributed by atoms with Crippen molar-refractivity contribution < 1.29 is 26.4 Å². The number of hydrogen-bond donors (Lipinski definition) is 1. The van der Waals surface area contributed by atoms with Crippen LogP contribution in [-0.2, 0) is 10.0 Å². The molecule has 20 heavy (non-hydrogen) atoms. The average Bonchev–Trinajstić information content (AvgIpc) is 2.33. The molecule has 0 heterocycles. The highest BCUT2D eigenvalue weighted by atomic mass is 32.2. The molecule has 1 aromatic carbocycles. The first-order valence-corrected chi connectivity index (χ1v) is 7.08. The van der Waals surface area contributed by atoms with Gasteiger partial charge in [-0.2, -0.15) is 13.2 Å². The standard InChI is InChI=1S/C11H13F3N2O3S/c1-2-16(7-11(12,13)14)10(17)8-5-3-4-6-9(8)20(15,18)19/h3-6H,2,7H2,1H3,(H2,15,18,19). The molecule has 0 saturated heterocycles. The predicted octanol–water partition coefficient (Wildman–Crippen LogP) is 1.36. The molecule has 1 rings (SSSR count). The van der Waals surface area contributed by atoms with E-state index in [1.54, 1.807) is 0 Å². The number of alkyl halides is 3. The molecule has 0 spiro atoms. The molecule has 1 aromatic rings. The van der Waals surface area contributed by atoms with Crippen LogP contribution in [0, 0.1) is 0 Å². The number of nitrogens with zero attached hydrogens (tertiary/aromatic N) is 1. The molecule has 0 aromatic heterocycles. The molecule has 0 atom stereocenters. The number of rotatable bonds is 4. The van der Waals surface area contributed by atoms with Crippen molar-refractivity contribution in [1.82, 2.24) is 4.90 Å². The molecular formula is C11H13F3N2O3S. The lowest BCUT2D eigenvalue weighted by atomic mass is 10.2. The van der Waals surface area contributed by atoms with E-state index in [9.17, 15) is 26.4 Å². The third kappa shape index (κ3) is 4.20. The Morgan fingerprint density at radius 2 is 1.85 bits per heavy atom. The molecule has 0 aliphatic rings. The fourth-order valence-electron chi connectivity index (χ4n) is 1.61. The van der Waals surface area contributed by atoms with Crippen LogP contribution >= 0.6 is 0 Å². The quantitative estimate of drug-likeness (QED) is 0.911. The van der Waals surface area contributed by atoms with Crippen molar-refractivity contribution in [3.63, 3.8) is 0 Å². The summed E-state index contributed by atoms with van der Waals surface area (Å²) >= 11 is 0. The lowest BCUT2D eigenvalue weighted by molar-refractivity contribution is -0.140. The van der Waals surface area contributed by atoms with E-state index >= 15 is 0 Å². The third-order valence-electron chi connectivity index (χ3n) is 2.46. The van der Waals surface area contributed by atoms with E-state index in [-0.39, 0.29) is 12.1 Å². The van der Waals surface area contributed by atoms with Crippen molar-refractivity contribution in [2.45, 2.75) is 18.0 Å². The Kier molecular flexibility index (Phi) is 4.77. The fraction of sp³-hybridized carbons (Fsp3) is 0.364. The van der Waals surface area contributed by atoms with Gasteiger partial charge in [0.15, 0.2) is 0 Å². The van der Waals surface area contributed by atoms with Crippen LogP contribution in [0.4, 0.5) is 13.2 Å². The highest BCUT2D eigenvalue weighted by molar-refractivity contribution is 7.89. The van der Waals surface area contributed by atoms with Gasteiger partial charge in [0, 0.05) is 6.54 Å². The highest BCUT2D eigenvalue weighted by Gasteiger charge is 2.33. The summed E-state index contributed by atoms with van der Waals surface area (Å²) in [5, 5.41) is 4.94. The van der Waals surface area contributed by atoms with Crippen molar-refractivity contribution in [2.75, 3.05) is 13.1 Å². The number of primary sulfonamides is 1. The van der Waals surface area contributed by atoms with Gasteiger partial charge in [0.25, 0.3) is 5.91 Å². The van der Waals surface area contributed by atoms with Gasteiger partial charge in [-0.15, -0.1) is 0 Å². The van der Waals surface area contributed by atoms with Gasteiger partial charge < -0.3 is 4.90 Å². The van der Waals surface area contributed by atoms with Crippen molar-refractivity contribution in [1.29, 1.82) is 0 Å². The maximum absolute atomic E-state index is 12.4. The van der Waals surface area contributed by atoms with E-state index in [4.69, 9.17) is 5.14 Å². The van der Waals surface area contributed by atoms with Crippen LogP contribution in [0.2, 0.25) is 0 Å². The molecule has 0 aliphatic heterocycles. The van der Waals surface area contributed by atoms with Gasteiger partial charge in [-0.05, 0) is 19.1 Å². The van der Waals surface area contributed by atoms with Crippen LogP contribution in [0.3, 0.4) is 0 Å². The van der Waals surface area contributed by atoms with Gasteiger partial charge in [-0.25, -0.2) is 13.6 Å². The first-order valence-electron chi connectivity index (χ1n) is 5.54. The average molecular weight is 310 g/mol. The van der Waals surface area contributed by atoms with Gasteiger partial charge >= 0.3 is 6.18 Å². The molecule has 0 saturated carbocycles. The summed E-state index contributed by atoms with van der Waals surface area (Å²) in [5.41, 5.74) is -0.374. The Bertz CT molecular complexity index is 599. The minimum Gasteiger partial charge on any atom is -0.330 e. The summed E-state index contributed by atoms with van der Waals surface area (Å²) in [7, 11) is -4.19. The van der Waals surface area contributed by atoms with Crippen LogP contribution in [0.15, 0.2) is 29.2 Å². The monoisotopic (exact) mass is 310 g/mol. The minimum absolute atomic E-state index is 0.211. The Morgan fingerprint density at radius 1 is 1.30 bits per heavy atom. The maximum atomic E-state index is 12.4. The number of hydrogen-bond acceptors (Lipinski definition) is 3. The van der Waals surface area contributed by atoms with E-state index in [0.29, 0.717) is 4.90 Å². The molecule has 5 nitrogen and oxygen atoms in total. The number of sulfonamides is 1. The van der Waals surface area contributed by atoms with Crippen LogP contribution < -0.4 is 5.14 Å². The van der Waals surface area contributed by atoms with Gasteiger partial charge in [0.2, 0.25) is 10.0 Å². The largest absolute Gasteiger partial charge is 0.406 e. The Labute approximate surface area is 114 Å². The molecule has 2 N–H and O–H groups in total. The molecular weight excluding hydrogens is 297 g/mol. The van der Waals surface area contributed by atoms with Crippen molar-refractivity contribution in [3.8, 4) is 0 Å². The lowest BCUT2D eigenvalue weighted by Gasteiger charge is -2.23. The molecule has 0 aliphatic carbocycles. The van der Waals surface area contributed by atoms with Gasteiger partial charge in [0.05, 0.1) is 10.5 Å². The maximum Gasteiger partial charge on any atom is 0.406 e. The second-order valence-electron chi connectivity index (χ2n) is 3.98. The summed E-state index contributed by atoms with van der Waals surface area (Å²) in [5.74, 6) is -1.03. The van der Waals surface area contributed by atoms with Gasteiger partial charge in [0.1, 0.15) is 6.54 Å². The zero-order chi connectivity index (χ0) is 15.6. The predicted molar refractivity (Wildman–Crippen MR) is 65.4 cm³/mol. The van der Waals surface area contributed by atoms with Crippen molar-refractivity contribution in [3.05, 3.63) is 29.8 Å². The SMILES string of the molecule is CCN(CC(F)(F)F)C(=O)c1ccccc1S(N)(=O)=O. The summed E-state index contributed by atoms with van der Waals surface area (Å²) < 4.78 is 59.8. The first kappa shape index (κ1) is 16.4. The molecule has 0 bridgehead atoms. The Hall–Kier alpha value is -1.61. The van der Waals surface area contributed by atoms with Crippen LogP contribution in [0.5, 0.6) is 0 Å². The molecule has 0 fully saturated rings. The molecule has 0 radical (unpaired) electrons. The van der Waals surface area contributed by atoms with Gasteiger partial charge in [-0.1, -0.05) is 12.1 Å². The number of benzene rings is 1. The van der Waals surface area contributed by atoms with Crippen LogP contribution in [0.25, 0.3) is 0 Å². The number of nitrogens with two attached hydrogens (primary N) is 1. The second-order valence-corrected chi connectivity index (χ2v) is 5.51. The summed E-state index contributed by atoms with van der Waals surface area (Å²) in [6.45, 7) is -0.304. The number of halogens is 3. The summed E-state index contributed by atoms with van der Waals surface area (Å²) in [6.07, 6.45) is -4.57. The van der Waals surface area contributed by atoms with E-state index in [0.717, 1.165) is 12.1 Å². The zero-order valence-electron chi connectivity index (χ0n) is 10.5. The van der Waals surface area contributed by atoms with E-state index < -0.39 is 33.5 Å². The number of amides is 1. The van der Waals surface area contributed by atoms with Crippen molar-refractivity contribution in [2.24, 2.45) is 5.14 Å². The molecule has 9 heteroatoms. The fourth-order valence-corrected chi connectivity index (χ4v) is 2.34. The summed E-state index contributed by atoms with van der Waals surface area (Å²) in [6, 6.07) is 4.88. The number of carbonyl (C=O) groups excluding carboxylic acids is 1. The molecule has 112 valence electrons. The second kappa shape index (κ2) is 5.80. The number of carbonyl (C=O) groups is 1. The minimum atomic E-state index is -4.57. The van der Waals surface area contributed by atoms with E-state index in [2.05, 4.69) is 0 Å². The molecule has 1 amide bonds. The van der Waals surface area contributed by atoms with Crippen LogP contribution in [0.1, 0.15) is 17.3 Å². The highest BCUT2D eigenvalue weighted by Crippen LogP contribution is 2.20. The lowest BCUT2D eigenvalue weighted by Crippen LogP contribution is -2.39. The normalized spacial score (nSPS) is 12.2. The first-order chi connectivity index (χ1) is 9.06. The Balaban J connectivity index is 3.21. The van der Waals surface area contributed by atoms with Crippen molar-refractivity contribution >= 4 is 15.9 Å². The van der Waals surface area contributed by atoms with E-state index in [1.165, 1.54) is 19.1 Å². The topological polar surface area (TPSA) is 80.5 Å².